The maximum atomic E-state index is 13.5. The number of hydrazone groups is 1. The lowest BCUT2D eigenvalue weighted by Crippen LogP contribution is -2.42. The van der Waals surface area contributed by atoms with E-state index >= 15 is 0 Å². The highest BCUT2D eigenvalue weighted by molar-refractivity contribution is 6.15. The summed E-state index contributed by atoms with van der Waals surface area (Å²) < 4.78 is 54.1. The highest BCUT2D eigenvalue weighted by atomic mass is 19.4. The summed E-state index contributed by atoms with van der Waals surface area (Å²) in [4.78, 5) is 23.9. The van der Waals surface area contributed by atoms with E-state index in [1.165, 1.54) is 24.3 Å². The summed E-state index contributed by atoms with van der Waals surface area (Å²) in [6, 6.07) is 9.50. The van der Waals surface area contributed by atoms with Crippen molar-refractivity contribution in [3.63, 3.8) is 0 Å². The molecule has 0 bridgehead atoms. The fourth-order valence-electron chi connectivity index (χ4n) is 2.65. The molecule has 2 aromatic rings. The van der Waals surface area contributed by atoms with Crippen molar-refractivity contribution in [2.45, 2.75) is 12.8 Å². The predicted molar refractivity (Wildman–Crippen MR) is 89.3 cm³/mol. The van der Waals surface area contributed by atoms with E-state index in [0.29, 0.717) is 5.56 Å². The van der Waals surface area contributed by atoms with Gasteiger partial charge in [0.05, 0.1) is 11.4 Å². The number of hydrogen-bond acceptors (Lipinski definition) is 4. The molecule has 0 aromatic heterocycles. The molecule has 0 fully saturated rings. The van der Waals surface area contributed by atoms with E-state index < -0.39 is 35.7 Å². The maximum absolute atomic E-state index is 13.5. The Labute approximate surface area is 155 Å². The van der Waals surface area contributed by atoms with Crippen LogP contribution in [0.15, 0.2) is 53.6 Å². The third-order valence-corrected chi connectivity index (χ3v) is 3.90. The van der Waals surface area contributed by atoms with Gasteiger partial charge >= 0.3 is 12.3 Å². The van der Waals surface area contributed by atoms with Gasteiger partial charge in [-0.25, -0.2) is 4.39 Å². The van der Waals surface area contributed by atoms with Gasteiger partial charge in [-0.1, -0.05) is 6.07 Å². The Bertz CT molecular complexity index is 941. The fourth-order valence-corrected chi connectivity index (χ4v) is 2.65. The summed E-state index contributed by atoms with van der Waals surface area (Å²) in [5.41, 5.74) is 0.481. The van der Waals surface area contributed by atoms with Crippen LogP contribution in [0.5, 0.6) is 5.75 Å². The number of aliphatic carboxylic acids is 1. The van der Waals surface area contributed by atoms with Gasteiger partial charge in [-0.15, -0.1) is 13.2 Å². The molecule has 1 aliphatic rings. The average Bonchev–Trinajstić information content (AvgIpc) is 2.61. The highest BCUT2D eigenvalue weighted by Crippen LogP contribution is 2.28. The molecule has 1 N–H and O–H groups in total. The van der Waals surface area contributed by atoms with E-state index in [1.807, 2.05) is 0 Å². The van der Waals surface area contributed by atoms with Gasteiger partial charge in [-0.3, -0.25) is 9.59 Å². The largest absolute Gasteiger partial charge is 0.573 e. The van der Waals surface area contributed by atoms with Crippen molar-refractivity contribution in [1.29, 1.82) is 0 Å². The number of carbonyl (C=O) groups excluding carboxylic acids is 1. The number of anilines is 1. The van der Waals surface area contributed by atoms with Crippen LogP contribution in [-0.2, 0) is 9.59 Å². The standard InChI is InChI=1S/C18H12F4N2O4/c19-11-2-1-3-12(8-11)24-16(25)14(17(26)27)9-15(23-24)10-4-6-13(7-5-10)28-18(20,21)22/h1-8,14H,9H2,(H,26,27). The second-order valence-electron chi connectivity index (χ2n) is 5.84. The lowest BCUT2D eigenvalue weighted by atomic mass is 9.95. The van der Waals surface area contributed by atoms with Crippen molar-refractivity contribution in [2.24, 2.45) is 11.0 Å². The lowest BCUT2D eigenvalue weighted by molar-refractivity contribution is -0.274. The molecule has 1 amide bonds. The van der Waals surface area contributed by atoms with E-state index in [0.717, 1.165) is 29.3 Å². The molecule has 0 saturated heterocycles. The fraction of sp³-hybridized carbons (Fsp3) is 0.167. The molecule has 1 aliphatic heterocycles. The van der Waals surface area contributed by atoms with Crippen molar-refractivity contribution >= 4 is 23.3 Å². The molecule has 10 heteroatoms. The monoisotopic (exact) mass is 396 g/mol. The van der Waals surface area contributed by atoms with Crippen LogP contribution in [0.3, 0.4) is 0 Å². The number of halogens is 4. The van der Waals surface area contributed by atoms with Crippen LogP contribution >= 0.6 is 0 Å². The first-order valence-electron chi connectivity index (χ1n) is 7.90. The number of rotatable bonds is 4. The molecular weight excluding hydrogens is 384 g/mol. The van der Waals surface area contributed by atoms with Crippen LogP contribution in [0.2, 0.25) is 0 Å². The lowest BCUT2D eigenvalue weighted by Gasteiger charge is -2.27. The number of carboxylic acids is 1. The third kappa shape index (κ3) is 4.27. The van der Waals surface area contributed by atoms with E-state index in [-0.39, 0.29) is 17.8 Å². The van der Waals surface area contributed by atoms with Gasteiger partial charge in [0.2, 0.25) is 0 Å². The highest BCUT2D eigenvalue weighted by Gasteiger charge is 2.37. The number of carbonyl (C=O) groups is 2. The van der Waals surface area contributed by atoms with Crippen LogP contribution < -0.4 is 9.75 Å². The Kier molecular flexibility index (Phi) is 5.04. The quantitative estimate of drug-likeness (QED) is 0.633. The van der Waals surface area contributed by atoms with Gasteiger partial charge in [-0.2, -0.15) is 10.1 Å². The van der Waals surface area contributed by atoms with Crippen LogP contribution in [0.1, 0.15) is 12.0 Å². The molecule has 0 radical (unpaired) electrons. The maximum Gasteiger partial charge on any atom is 0.573 e. The number of benzene rings is 2. The smallest absolute Gasteiger partial charge is 0.481 e. The average molecular weight is 396 g/mol. The molecule has 1 heterocycles. The molecular formula is C18H12F4N2O4. The van der Waals surface area contributed by atoms with E-state index in [9.17, 15) is 32.3 Å². The number of amides is 1. The SMILES string of the molecule is O=C(O)C1CC(c2ccc(OC(F)(F)F)cc2)=NN(c2cccc(F)c2)C1=O. The number of carboxylic acid groups (broad SMARTS) is 1. The van der Waals surface area contributed by atoms with Crippen LogP contribution in [-0.4, -0.2) is 29.1 Å². The topological polar surface area (TPSA) is 79.2 Å². The van der Waals surface area contributed by atoms with Crippen molar-refractivity contribution < 1.29 is 37.0 Å². The van der Waals surface area contributed by atoms with Crippen LogP contribution in [0.25, 0.3) is 0 Å². The minimum Gasteiger partial charge on any atom is -0.481 e. The van der Waals surface area contributed by atoms with E-state index in [2.05, 4.69) is 9.84 Å². The molecule has 6 nitrogen and oxygen atoms in total. The van der Waals surface area contributed by atoms with Gasteiger partial charge in [0, 0.05) is 6.42 Å². The number of nitrogens with zero attached hydrogens (tertiary/aromatic N) is 2. The minimum absolute atomic E-state index is 0.0328. The molecule has 3 rings (SSSR count). The van der Waals surface area contributed by atoms with Gasteiger partial charge < -0.3 is 9.84 Å². The summed E-state index contributed by atoms with van der Waals surface area (Å²) in [6.45, 7) is 0. The first-order valence-corrected chi connectivity index (χ1v) is 7.90. The normalized spacial score (nSPS) is 17.3. The summed E-state index contributed by atoms with van der Waals surface area (Å²) in [5.74, 6) is -4.81. The summed E-state index contributed by atoms with van der Waals surface area (Å²) in [5, 5.41) is 14.2. The zero-order chi connectivity index (χ0) is 20.5. The molecule has 0 spiro atoms. The Hall–Kier alpha value is -3.43. The first-order chi connectivity index (χ1) is 13.1. The summed E-state index contributed by atoms with van der Waals surface area (Å²) in [7, 11) is 0. The van der Waals surface area contributed by atoms with Gasteiger partial charge in [0.1, 0.15) is 17.5 Å². The predicted octanol–water partition coefficient (Wildman–Crippen LogP) is 3.57. The number of ether oxygens (including phenoxy) is 1. The second-order valence-corrected chi connectivity index (χ2v) is 5.84. The van der Waals surface area contributed by atoms with Crippen molar-refractivity contribution in [2.75, 3.05) is 5.01 Å². The van der Waals surface area contributed by atoms with Crippen molar-refractivity contribution in [1.82, 2.24) is 0 Å². The zero-order valence-corrected chi connectivity index (χ0v) is 14.0. The van der Waals surface area contributed by atoms with E-state index in [4.69, 9.17) is 0 Å². The Morgan fingerprint density at radius 3 is 2.43 bits per heavy atom. The van der Waals surface area contributed by atoms with Crippen LogP contribution in [0, 0.1) is 11.7 Å². The van der Waals surface area contributed by atoms with Crippen molar-refractivity contribution in [3.05, 3.63) is 59.9 Å². The number of alkyl halides is 3. The Balaban J connectivity index is 1.97. The van der Waals surface area contributed by atoms with Gasteiger partial charge in [0.25, 0.3) is 5.91 Å². The molecule has 0 saturated carbocycles. The molecule has 1 atom stereocenters. The Morgan fingerprint density at radius 2 is 1.86 bits per heavy atom. The summed E-state index contributed by atoms with van der Waals surface area (Å²) in [6.07, 6.45) is -5.11. The Morgan fingerprint density at radius 1 is 1.18 bits per heavy atom. The third-order valence-electron chi connectivity index (χ3n) is 3.90. The van der Waals surface area contributed by atoms with E-state index in [1.54, 1.807) is 0 Å². The number of hydrogen-bond donors (Lipinski definition) is 1. The molecule has 146 valence electrons. The van der Waals surface area contributed by atoms with Gasteiger partial charge in [-0.05, 0) is 48.0 Å². The molecule has 2 aromatic carbocycles. The molecule has 28 heavy (non-hydrogen) atoms. The minimum atomic E-state index is -4.85. The van der Waals surface area contributed by atoms with Crippen LogP contribution in [0.4, 0.5) is 23.2 Å². The molecule has 1 unspecified atom stereocenters. The summed E-state index contributed by atoms with van der Waals surface area (Å²) >= 11 is 0. The molecule has 0 aliphatic carbocycles. The van der Waals surface area contributed by atoms with Gasteiger partial charge in [0.15, 0.2) is 0 Å². The second kappa shape index (κ2) is 7.29. The first kappa shape index (κ1) is 19.3. The van der Waals surface area contributed by atoms with Crippen molar-refractivity contribution in [3.8, 4) is 5.75 Å². The zero-order valence-electron chi connectivity index (χ0n) is 14.0.